The van der Waals surface area contributed by atoms with Crippen molar-refractivity contribution >= 4 is 28.2 Å². The van der Waals surface area contributed by atoms with Crippen LogP contribution in [0.5, 0.6) is 5.75 Å². The topological polar surface area (TPSA) is 66.6 Å². The second kappa shape index (κ2) is 10.4. The van der Waals surface area contributed by atoms with Gasteiger partial charge in [0, 0.05) is 25.3 Å². The van der Waals surface area contributed by atoms with Crippen molar-refractivity contribution in [3.8, 4) is 5.75 Å². The smallest absolute Gasteiger partial charge is 0.253 e. The van der Waals surface area contributed by atoms with E-state index in [1.54, 1.807) is 7.11 Å². The van der Waals surface area contributed by atoms with Gasteiger partial charge in [0.15, 0.2) is 5.11 Å². The van der Waals surface area contributed by atoms with Gasteiger partial charge in [0.1, 0.15) is 5.75 Å². The fraction of sp³-hybridized carbons (Fsp3) is 0.385. The van der Waals surface area contributed by atoms with Gasteiger partial charge < -0.3 is 24.7 Å². The van der Waals surface area contributed by atoms with Crippen molar-refractivity contribution in [1.29, 1.82) is 0 Å². The Morgan fingerprint density at radius 2 is 2.00 bits per heavy atom. The summed E-state index contributed by atoms with van der Waals surface area (Å²) in [5.41, 5.74) is 4.83. The van der Waals surface area contributed by atoms with Crippen LogP contribution < -0.4 is 15.6 Å². The third-order valence-electron chi connectivity index (χ3n) is 6.31. The quantitative estimate of drug-likeness (QED) is 0.510. The monoisotopic (exact) mass is 465 g/mol. The first-order chi connectivity index (χ1) is 15.9. The van der Waals surface area contributed by atoms with Crippen LogP contribution in [0.1, 0.15) is 35.1 Å². The highest BCUT2D eigenvalue weighted by Gasteiger charge is 2.19. The minimum absolute atomic E-state index is 0.0853. The first kappa shape index (κ1) is 23.3. The predicted molar refractivity (Wildman–Crippen MR) is 136 cm³/mol. The fourth-order valence-electron chi connectivity index (χ4n) is 4.16. The van der Waals surface area contributed by atoms with Crippen LogP contribution >= 0.6 is 12.2 Å². The van der Waals surface area contributed by atoms with E-state index in [9.17, 15) is 4.79 Å². The second-order valence-corrected chi connectivity index (χ2v) is 9.01. The molecule has 1 atom stereocenters. The Bertz CT molecular complexity index is 1180. The van der Waals surface area contributed by atoms with Crippen molar-refractivity contribution in [2.45, 2.75) is 45.9 Å². The molecule has 1 fully saturated rings. The van der Waals surface area contributed by atoms with Gasteiger partial charge in [-0.25, -0.2) is 0 Å². The summed E-state index contributed by atoms with van der Waals surface area (Å²) >= 11 is 5.76. The highest BCUT2D eigenvalue weighted by atomic mass is 32.1. The summed E-state index contributed by atoms with van der Waals surface area (Å²) in [7, 11) is 1.65. The number of pyridine rings is 1. The third-order valence-corrected chi connectivity index (χ3v) is 6.72. The highest BCUT2D eigenvalue weighted by molar-refractivity contribution is 7.80. The molecule has 4 rings (SSSR count). The largest absolute Gasteiger partial charge is 0.497 e. The van der Waals surface area contributed by atoms with Crippen LogP contribution in [0.2, 0.25) is 0 Å². The maximum atomic E-state index is 13.0. The molecule has 0 saturated carbocycles. The zero-order valence-electron chi connectivity index (χ0n) is 19.4. The molecule has 174 valence electrons. The molecule has 0 radical (unpaired) electrons. The van der Waals surface area contributed by atoms with E-state index in [1.807, 2.05) is 42.2 Å². The van der Waals surface area contributed by atoms with Crippen molar-refractivity contribution < 1.29 is 9.47 Å². The van der Waals surface area contributed by atoms with Gasteiger partial charge >= 0.3 is 0 Å². The number of ether oxygens (including phenoxy) is 2. The number of aryl methyl sites for hydroxylation is 2. The standard InChI is InChI=1S/C26H31N3O3S/c1-17-6-9-20-13-21(25(30)28-24(20)18(17)2)16-29(15-19-7-10-22(31-3)11-8-19)26(33)27-14-23-5-4-12-32-23/h6-11,13,23H,4-5,12,14-16H2,1-3H3,(H,27,33)(H,28,30). The molecule has 1 unspecified atom stereocenters. The number of methoxy groups -OCH3 is 1. The van der Waals surface area contributed by atoms with Crippen LogP contribution in [0.25, 0.3) is 10.9 Å². The molecule has 0 bridgehead atoms. The van der Waals surface area contributed by atoms with Crippen LogP contribution in [-0.4, -0.2) is 41.4 Å². The molecular formula is C26H31N3O3S. The summed E-state index contributed by atoms with van der Waals surface area (Å²) in [6, 6.07) is 14.0. The van der Waals surface area contributed by atoms with E-state index in [0.717, 1.165) is 52.8 Å². The van der Waals surface area contributed by atoms with E-state index in [4.69, 9.17) is 21.7 Å². The zero-order chi connectivity index (χ0) is 23.4. The summed E-state index contributed by atoms with van der Waals surface area (Å²) in [5, 5.41) is 4.99. The van der Waals surface area contributed by atoms with Gasteiger partial charge in [-0.15, -0.1) is 0 Å². The number of fused-ring (bicyclic) bond motifs is 1. The molecule has 0 spiro atoms. The van der Waals surface area contributed by atoms with Gasteiger partial charge in [-0.05, 0) is 79.2 Å². The molecule has 0 amide bonds. The van der Waals surface area contributed by atoms with Gasteiger partial charge in [0.05, 0.1) is 25.3 Å². The Labute approximate surface area is 199 Å². The first-order valence-electron chi connectivity index (χ1n) is 11.3. The summed E-state index contributed by atoms with van der Waals surface area (Å²) in [6.07, 6.45) is 2.30. The van der Waals surface area contributed by atoms with Crippen LogP contribution in [0.15, 0.2) is 47.3 Å². The van der Waals surface area contributed by atoms with Crippen LogP contribution in [0.4, 0.5) is 0 Å². The second-order valence-electron chi connectivity index (χ2n) is 8.62. The van der Waals surface area contributed by atoms with Gasteiger partial charge in [0.25, 0.3) is 5.56 Å². The maximum Gasteiger partial charge on any atom is 0.253 e. The van der Waals surface area contributed by atoms with E-state index in [2.05, 4.69) is 29.4 Å². The molecule has 1 aliphatic rings. The van der Waals surface area contributed by atoms with Gasteiger partial charge in [0.2, 0.25) is 0 Å². The number of benzene rings is 2. The van der Waals surface area contributed by atoms with E-state index in [0.29, 0.717) is 30.3 Å². The number of rotatable bonds is 7. The van der Waals surface area contributed by atoms with Crippen LogP contribution in [0.3, 0.4) is 0 Å². The van der Waals surface area contributed by atoms with Gasteiger partial charge in [-0.3, -0.25) is 4.79 Å². The molecule has 0 aliphatic carbocycles. The van der Waals surface area contributed by atoms with Crippen molar-refractivity contribution in [2.24, 2.45) is 0 Å². The van der Waals surface area contributed by atoms with E-state index in [1.165, 1.54) is 0 Å². The van der Waals surface area contributed by atoms with Crippen molar-refractivity contribution in [3.05, 3.63) is 75.1 Å². The Hall–Kier alpha value is -2.90. The highest BCUT2D eigenvalue weighted by Crippen LogP contribution is 2.20. The van der Waals surface area contributed by atoms with Crippen molar-refractivity contribution in [3.63, 3.8) is 0 Å². The lowest BCUT2D eigenvalue weighted by atomic mass is 10.0. The Morgan fingerprint density at radius 1 is 1.21 bits per heavy atom. The molecular weight excluding hydrogens is 434 g/mol. The molecule has 33 heavy (non-hydrogen) atoms. The minimum atomic E-state index is -0.0853. The summed E-state index contributed by atoms with van der Waals surface area (Å²) in [4.78, 5) is 18.1. The molecule has 2 N–H and O–H groups in total. The van der Waals surface area contributed by atoms with E-state index in [-0.39, 0.29) is 11.7 Å². The Morgan fingerprint density at radius 3 is 2.70 bits per heavy atom. The number of hydrogen-bond acceptors (Lipinski definition) is 4. The number of hydrogen-bond donors (Lipinski definition) is 2. The number of aromatic nitrogens is 1. The summed E-state index contributed by atoms with van der Waals surface area (Å²) < 4.78 is 11.0. The molecule has 2 heterocycles. The normalized spacial score (nSPS) is 15.5. The fourth-order valence-corrected chi connectivity index (χ4v) is 4.37. The molecule has 1 saturated heterocycles. The third kappa shape index (κ3) is 5.54. The number of nitrogens with one attached hydrogen (secondary N) is 2. The first-order valence-corrected chi connectivity index (χ1v) is 11.7. The Balaban J connectivity index is 1.58. The van der Waals surface area contributed by atoms with Gasteiger partial charge in [-0.2, -0.15) is 0 Å². The van der Waals surface area contributed by atoms with Gasteiger partial charge in [-0.1, -0.05) is 24.3 Å². The molecule has 7 heteroatoms. The minimum Gasteiger partial charge on any atom is -0.497 e. The Kier molecular flexibility index (Phi) is 7.30. The SMILES string of the molecule is COc1ccc(CN(Cc2cc3ccc(C)c(C)c3[nH]c2=O)C(=S)NCC2CCCO2)cc1. The summed E-state index contributed by atoms with van der Waals surface area (Å²) in [5.74, 6) is 0.807. The lowest BCUT2D eigenvalue weighted by molar-refractivity contribution is 0.113. The lowest BCUT2D eigenvalue weighted by Gasteiger charge is -2.27. The van der Waals surface area contributed by atoms with Crippen molar-refractivity contribution in [2.75, 3.05) is 20.3 Å². The summed E-state index contributed by atoms with van der Waals surface area (Å²) in [6.45, 7) is 6.54. The van der Waals surface area contributed by atoms with Crippen LogP contribution in [-0.2, 0) is 17.8 Å². The number of aromatic amines is 1. The van der Waals surface area contributed by atoms with E-state index < -0.39 is 0 Å². The molecule has 3 aromatic rings. The van der Waals surface area contributed by atoms with Crippen molar-refractivity contribution in [1.82, 2.24) is 15.2 Å². The predicted octanol–water partition coefficient (Wildman–Crippen LogP) is 4.21. The molecule has 6 nitrogen and oxygen atoms in total. The average molecular weight is 466 g/mol. The lowest BCUT2D eigenvalue weighted by Crippen LogP contribution is -2.42. The maximum absolute atomic E-state index is 13.0. The average Bonchev–Trinajstić information content (AvgIpc) is 3.35. The zero-order valence-corrected chi connectivity index (χ0v) is 20.3. The number of thiocarbonyl (C=S) groups is 1. The number of H-pyrrole nitrogens is 1. The molecule has 1 aliphatic heterocycles. The van der Waals surface area contributed by atoms with Crippen LogP contribution in [0, 0.1) is 13.8 Å². The number of nitrogens with zero attached hydrogens (tertiary/aromatic N) is 1. The molecule has 1 aromatic heterocycles. The van der Waals surface area contributed by atoms with E-state index >= 15 is 0 Å². The molecule has 2 aromatic carbocycles.